The molecule has 5 heteroatoms. The predicted octanol–water partition coefficient (Wildman–Crippen LogP) is 6.49. The quantitative estimate of drug-likeness (QED) is 0.307. The molecule has 0 atom stereocenters. The van der Waals surface area contributed by atoms with Crippen molar-refractivity contribution in [1.82, 2.24) is 19.1 Å². The Balaban J connectivity index is 1.37. The van der Waals surface area contributed by atoms with Crippen LogP contribution in [0.3, 0.4) is 0 Å². The first-order valence-corrected chi connectivity index (χ1v) is 11.6. The Bertz CT molecular complexity index is 1750. The van der Waals surface area contributed by atoms with Crippen molar-refractivity contribution >= 4 is 22.1 Å². The van der Waals surface area contributed by atoms with E-state index in [1.54, 1.807) is 0 Å². The lowest BCUT2D eigenvalue weighted by atomic mass is 9.99. The minimum atomic E-state index is 0.686. The molecule has 6 aromatic rings. The fraction of sp³-hybridized carbons (Fsp3) is 0.100. The summed E-state index contributed by atoms with van der Waals surface area (Å²) in [6, 6.07) is 31.0. The number of aryl methyl sites for hydroxylation is 2. The summed E-state index contributed by atoms with van der Waals surface area (Å²) in [6.07, 6.45) is 1.91. The molecule has 168 valence electrons. The molecule has 4 aromatic carbocycles. The normalized spacial score (nSPS) is 11.2. The minimum Gasteiger partial charge on any atom is -0.327 e. The van der Waals surface area contributed by atoms with Crippen molar-refractivity contribution in [3.63, 3.8) is 0 Å². The second-order valence-electron chi connectivity index (χ2n) is 8.87. The van der Waals surface area contributed by atoms with Crippen LogP contribution in [0, 0.1) is 18.3 Å². The lowest BCUT2D eigenvalue weighted by Crippen LogP contribution is -1.99. The third kappa shape index (κ3) is 3.56. The van der Waals surface area contributed by atoms with E-state index in [9.17, 15) is 5.26 Å². The summed E-state index contributed by atoms with van der Waals surface area (Å²) in [5, 5.41) is 9.43. The third-order valence-electron chi connectivity index (χ3n) is 6.63. The van der Waals surface area contributed by atoms with E-state index in [-0.39, 0.29) is 0 Å². The molecule has 0 spiro atoms. The van der Waals surface area contributed by atoms with Gasteiger partial charge in [-0.1, -0.05) is 54.6 Å². The van der Waals surface area contributed by atoms with Gasteiger partial charge in [0.2, 0.25) is 0 Å². The van der Waals surface area contributed by atoms with Crippen molar-refractivity contribution in [3.8, 4) is 28.6 Å². The van der Waals surface area contributed by atoms with Gasteiger partial charge in [0.25, 0.3) is 0 Å². The topological polar surface area (TPSA) is 59.4 Å². The molecule has 0 unspecified atom stereocenters. The van der Waals surface area contributed by atoms with Gasteiger partial charge >= 0.3 is 0 Å². The number of aromatic nitrogens is 4. The number of imidazole rings is 2. The van der Waals surface area contributed by atoms with Crippen molar-refractivity contribution in [2.24, 2.45) is 7.05 Å². The van der Waals surface area contributed by atoms with Gasteiger partial charge in [0, 0.05) is 19.2 Å². The van der Waals surface area contributed by atoms with Crippen LogP contribution in [0.25, 0.3) is 44.6 Å². The highest BCUT2D eigenvalue weighted by atomic mass is 15.1. The van der Waals surface area contributed by atoms with Gasteiger partial charge in [0.05, 0.1) is 40.0 Å². The van der Waals surface area contributed by atoms with Gasteiger partial charge < -0.3 is 9.13 Å². The van der Waals surface area contributed by atoms with E-state index in [2.05, 4.69) is 71.6 Å². The van der Waals surface area contributed by atoms with Crippen molar-refractivity contribution in [2.45, 2.75) is 13.5 Å². The standard InChI is InChI=1S/C30H23N5/c1-20-15-24(30-33-26-9-5-6-10-27(26)34(30)2)16-28-29(20)32-19-35(28)18-21-11-13-22(14-12-21)25-8-4-3-7-23(25)17-31/h3-16,19H,18H2,1-2H3. The van der Waals surface area contributed by atoms with Crippen molar-refractivity contribution < 1.29 is 0 Å². The van der Waals surface area contributed by atoms with E-state index < -0.39 is 0 Å². The maximum absolute atomic E-state index is 9.43. The Labute approximate surface area is 203 Å². The first-order chi connectivity index (χ1) is 17.1. The fourth-order valence-electron chi connectivity index (χ4n) is 4.82. The number of hydrogen-bond acceptors (Lipinski definition) is 3. The number of rotatable bonds is 4. The molecule has 0 fully saturated rings. The smallest absolute Gasteiger partial charge is 0.140 e. The lowest BCUT2D eigenvalue weighted by molar-refractivity contribution is 0.824. The summed E-state index contributed by atoms with van der Waals surface area (Å²) in [4.78, 5) is 9.59. The summed E-state index contributed by atoms with van der Waals surface area (Å²) in [6.45, 7) is 2.81. The maximum atomic E-state index is 9.43. The average molecular weight is 454 g/mol. The van der Waals surface area contributed by atoms with Gasteiger partial charge in [-0.2, -0.15) is 5.26 Å². The van der Waals surface area contributed by atoms with Crippen LogP contribution in [0.15, 0.2) is 91.3 Å². The molecule has 0 bridgehead atoms. The van der Waals surface area contributed by atoms with Crippen LogP contribution in [0.5, 0.6) is 0 Å². The highest BCUT2D eigenvalue weighted by molar-refractivity contribution is 5.87. The molecule has 0 aliphatic heterocycles. The Morgan fingerprint density at radius 1 is 0.857 bits per heavy atom. The summed E-state index contributed by atoms with van der Waals surface area (Å²) in [5.74, 6) is 0.949. The number of nitrogens with zero attached hydrogens (tertiary/aromatic N) is 5. The number of nitriles is 1. The first kappa shape index (κ1) is 20.9. The van der Waals surface area contributed by atoms with Crippen LogP contribution in [-0.4, -0.2) is 19.1 Å². The second kappa shape index (κ2) is 8.27. The van der Waals surface area contributed by atoms with Crippen molar-refractivity contribution in [3.05, 3.63) is 108 Å². The zero-order valence-corrected chi connectivity index (χ0v) is 19.6. The molecule has 2 heterocycles. The molecule has 0 saturated carbocycles. The Kier molecular flexibility index (Phi) is 4.93. The number of fused-ring (bicyclic) bond motifs is 2. The Morgan fingerprint density at radius 2 is 1.63 bits per heavy atom. The fourth-order valence-corrected chi connectivity index (χ4v) is 4.82. The monoisotopic (exact) mass is 453 g/mol. The van der Waals surface area contributed by atoms with E-state index in [0.29, 0.717) is 12.1 Å². The van der Waals surface area contributed by atoms with Gasteiger partial charge in [0.15, 0.2) is 0 Å². The van der Waals surface area contributed by atoms with Crippen molar-refractivity contribution in [2.75, 3.05) is 0 Å². The summed E-state index contributed by atoms with van der Waals surface area (Å²) < 4.78 is 4.33. The summed E-state index contributed by atoms with van der Waals surface area (Å²) in [5.41, 5.74) is 10.3. The van der Waals surface area contributed by atoms with Crippen LogP contribution in [0.4, 0.5) is 0 Å². The maximum Gasteiger partial charge on any atom is 0.140 e. The zero-order chi connectivity index (χ0) is 23.9. The first-order valence-electron chi connectivity index (χ1n) is 11.6. The van der Waals surface area contributed by atoms with Gasteiger partial charge in [0.1, 0.15) is 5.82 Å². The molecule has 5 nitrogen and oxygen atoms in total. The predicted molar refractivity (Wildman–Crippen MR) is 140 cm³/mol. The highest BCUT2D eigenvalue weighted by Gasteiger charge is 2.14. The average Bonchev–Trinajstić information content (AvgIpc) is 3.46. The number of para-hydroxylation sites is 2. The lowest BCUT2D eigenvalue weighted by Gasteiger charge is -2.09. The molecule has 35 heavy (non-hydrogen) atoms. The molecule has 0 aliphatic carbocycles. The minimum absolute atomic E-state index is 0.686. The molecule has 0 radical (unpaired) electrons. The number of benzene rings is 4. The van der Waals surface area contributed by atoms with Gasteiger partial charge in [-0.25, -0.2) is 9.97 Å². The van der Waals surface area contributed by atoms with Crippen LogP contribution < -0.4 is 0 Å². The zero-order valence-electron chi connectivity index (χ0n) is 19.6. The van der Waals surface area contributed by atoms with Crippen LogP contribution in [0.1, 0.15) is 16.7 Å². The SMILES string of the molecule is Cc1cc(-c2nc3ccccc3n2C)cc2c1ncn2Cc1ccc(-c2ccccc2C#N)cc1. The summed E-state index contributed by atoms with van der Waals surface area (Å²) >= 11 is 0. The molecule has 0 aliphatic rings. The van der Waals surface area contributed by atoms with Crippen LogP contribution >= 0.6 is 0 Å². The largest absolute Gasteiger partial charge is 0.327 e. The molecular weight excluding hydrogens is 430 g/mol. The van der Waals surface area contributed by atoms with E-state index in [4.69, 9.17) is 9.97 Å². The molecule has 0 amide bonds. The molecular formula is C30H23N5. The molecule has 0 saturated heterocycles. The van der Waals surface area contributed by atoms with E-state index in [1.807, 2.05) is 48.8 Å². The second-order valence-corrected chi connectivity index (χ2v) is 8.87. The Morgan fingerprint density at radius 3 is 2.43 bits per heavy atom. The van der Waals surface area contributed by atoms with E-state index >= 15 is 0 Å². The third-order valence-corrected chi connectivity index (χ3v) is 6.63. The Hall–Kier alpha value is -4.69. The van der Waals surface area contributed by atoms with E-state index in [1.165, 1.54) is 5.56 Å². The molecule has 6 rings (SSSR count). The van der Waals surface area contributed by atoms with Crippen molar-refractivity contribution in [1.29, 1.82) is 5.26 Å². The van der Waals surface area contributed by atoms with Gasteiger partial charge in [-0.15, -0.1) is 0 Å². The molecule has 2 aromatic heterocycles. The van der Waals surface area contributed by atoms with E-state index in [0.717, 1.165) is 50.1 Å². The molecule has 0 N–H and O–H groups in total. The highest BCUT2D eigenvalue weighted by Crippen LogP contribution is 2.29. The van der Waals surface area contributed by atoms with Gasteiger partial charge in [-0.3, -0.25) is 0 Å². The van der Waals surface area contributed by atoms with Crippen LogP contribution in [-0.2, 0) is 13.6 Å². The van der Waals surface area contributed by atoms with Gasteiger partial charge in [-0.05, 0) is 59.5 Å². The van der Waals surface area contributed by atoms with Crippen LogP contribution in [0.2, 0.25) is 0 Å². The summed E-state index contributed by atoms with van der Waals surface area (Å²) in [7, 11) is 2.06. The number of hydrogen-bond donors (Lipinski definition) is 0.